The third-order valence-corrected chi connectivity index (χ3v) is 3.68. The zero-order valence-electron chi connectivity index (χ0n) is 10.5. The molecule has 1 N–H and O–H groups in total. The predicted octanol–water partition coefficient (Wildman–Crippen LogP) is 3.72. The Hall–Kier alpha value is -2.14. The molecule has 5 heteroatoms. The zero-order chi connectivity index (χ0) is 13.1. The van der Waals surface area contributed by atoms with Gasteiger partial charge in [-0.15, -0.1) is 11.3 Å². The third-order valence-electron chi connectivity index (χ3n) is 2.71. The molecular weight excluding hydrogens is 258 g/mol. The summed E-state index contributed by atoms with van der Waals surface area (Å²) >= 11 is 1.67. The first-order valence-corrected chi connectivity index (χ1v) is 6.83. The van der Waals surface area contributed by atoms with Crippen LogP contribution in [0.4, 0.5) is 5.69 Å². The molecule has 0 atom stereocenters. The predicted molar refractivity (Wildman–Crippen MR) is 76.1 cm³/mol. The van der Waals surface area contributed by atoms with Crippen LogP contribution in [0.2, 0.25) is 0 Å². The summed E-state index contributed by atoms with van der Waals surface area (Å²) in [6.07, 6.45) is 3.15. The van der Waals surface area contributed by atoms with Crippen LogP contribution < -0.4 is 5.32 Å². The molecule has 1 aromatic carbocycles. The van der Waals surface area contributed by atoms with E-state index in [1.54, 1.807) is 17.5 Å². The number of rotatable bonds is 4. The Bertz CT molecular complexity index is 644. The zero-order valence-corrected chi connectivity index (χ0v) is 11.3. The SMILES string of the molecule is Cc1csc(CNc2ccc(-c3cnco3)cc2)n1. The Labute approximate surface area is 115 Å². The first-order valence-electron chi connectivity index (χ1n) is 5.95. The smallest absolute Gasteiger partial charge is 0.181 e. The van der Waals surface area contributed by atoms with E-state index in [0.29, 0.717) is 0 Å². The van der Waals surface area contributed by atoms with Crippen LogP contribution in [0.25, 0.3) is 11.3 Å². The number of nitrogens with one attached hydrogen (secondary N) is 1. The standard InChI is InChI=1S/C14H13N3OS/c1-10-8-19-14(17-10)7-16-12-4-2-11(3-5-12)13-6-15-9-18-13/h2-6,8-9,16H,7H2,1H3. The molecule has 2 heterocycles. The molecule has 0 unspecified atom stereocenters. The molecule has 2 aromatic heterocycles. The highest BCUT2D eigenvalue weighted by atomic mass is 32.1. The molecule has 0 aliphatic carbocycles. The Morgan fingerprint density at radius 3 is 2.74 bits per heavy atom. The molecular formula is C14H13N3OS. The van der Waals surface area contributed by atoms with Gasteiger partial charge in [0.05, 0.1) is 12.7 Å². The van der Waals surface area contributed by atoms with E-state index in [0.717, 1.165) is 34.3 Å². The fourth-order valence-corrected chi connectivity index (χ4v) is 2.48. The van der Waals surface area contributed by atoms with Gasteiger partial charge in [-0.25, -0.2) is 9.97 Å². The quantitative estimate of drug-likeness (QED) is 0.785. The largest absolute Gasteiger partial charge is 0.444 e. The summed E-state index contributed by atoms with van der Waals surface area (Å²) < 4.78 is 5.25. The van der Waals surface area contributed by atoms with E-state index in [4.69, 9.17) is 4.42 Å². The second-order valence-corrected chi connectivity index (χ2v) is 5.12. The molecule has 0 amide bonds. The number of benzene rings is 1. The van der Waals surface area contributed by atoms with E-state index < -0.39 is 0 Å². The first kappa shape index (κ1) is 11.9. The number of aryl methyl sites for hydroxylation is 1. The van der Waals surface area contributed by atoms with Crippen LogP contribution in [-0.2, 0) is 6.54 Å². The minimum absolute atomic E-state index is 0.750. The van der Waals surface area contributed by atoms with Crippen LogP contribution in [0.1, 0.15) is 10.7 Å². The van der Waals surface area contributed by atoms with Crippen molar-refractivity contribution in [2.75, 3.05) is 5.32 Å². The van der Waals surface area contributed by atoms with Crippen LogP contribution in [0.5, 0.6) is 0 Å². The van der Waals surface area contributed by atoms with Crippen molar-refractivity contribution in [1.82, 2.24) is 9.97 Å². The second kappa shape index (κ2) is 5.24. The average molecular weight is 271 g/mol. The average Bonchev–Trinajstić information content (AvgIpc) is 3.08. The molecule has 0 spiro atoms. The molecule has 0 bridgehead atoms. The monoisotopic (exact) mass is 271 g/mol. The third kappa shape index (κ3) is 2.82. The topological polar surface area (TPSA) is 51.0 Å². The molecule has 0 aliphatic heterocycles. The summed E-state index contributed by atoms with van der Waals surface area (Å²) in [7, 11) is 0. The van der Waals surface area contributed by atoms with Crippen molar-refractivity contribution >= 4 is 17.0 Å². The molecule has 0 fully saturated rings. The number of nitrogens with zero attached hydrogens (tertiary/aromatic N) is 2. The van der Waals surface area contributed by atoms with Gasteiger partial charge >= 0.3 is 0 Å². The van der Waals surface area contributed by atoms with Crippen LogP contribution in [0.15, 0.2) is 46.7 Å². The highest BCUT2D eigenvalue weighted by Crippen LogP contribution is 2.21. The van der Waals surface area contributed by atoms with E-state index >= 15 is 0 Å². The summed E-state index contributed by atoms with van der Waals surface area (Å²) in [5.74, 6) is 0.780. The molecule has 0 aliphatic rings. The molecule has 3 aromatic rings. The maximum absolute atomic E-state index is 5.25. The van der Waals surface area contributed by atoms with Gasteiger partial charge in [0.2, 0.25) is 0 Å². The van der Waals surface area contributed by atoms with Crippen molar-refractivity contribution in [1.29, 1.82) is 0 Å². The number of aromatic nitrogens is 2. The lowest BCUT2D eigenvalue weighted by molar-refractivity contribution is 0.572. The maximum Gasteiger partial charge on any atom is 0.181 e. The van der Waals surface area contributed by atoms with Crippen LogP contribution in [0, 0.1) is 6.92 Å². The summed E-state index contributed by atoms with van der Waals surface area (Å²) in [5.41, 5.74) is 3.16. The van der Waals surface area contributed by atoms with Gasteiger partial charge < -0.3 is 9.73 Å². The van der Waals surface area contributed by atoms with Gasteiger partial charge in [0.1, 0.15) is 5.01 Å². The normalized spacial score (nSPS) is 10.6. The van der Waals surface area contributed by atoms with Gasteiger partial charge in [0.25, 0.3) is 0 Å². The lowest BCUT2D eigenvalue weighted by atomic mass is 10.2. The van der Waals surface area contributed by atoms with Crippen LogP contribution >= 0.6 is 11.3 Å². The number of hydrogen-bond donors (Lipinski definition) is 1. The highest BCUT2D eigenvalue weighted by Gasteiger charge is 2.02. The van der Waals surface area contributed by atoms with Gasteiger partial charge in [0.15, 0.2) is 12.2 Å². The molecule has 0 saturated carbocycles. The lowest BCUT2D eigenvalue weighted by Crippen LogP contribution is -1.98. The van der Waals surface area contributed by atoms with E-state index in [2.05, 4.69) is 20.7 Å². The second-order valence-electron chi connectivity index (χ2n) is 4.18. The summed E-state index contributed by atoms with van der Waals surface area (Å²) in [4.78, 5) is 8.33. The lowest BCUT2D eigenvalue weighted by Gasteiger charge is -2.04. The minimum atomic E-state index is 0.750. The summed E-state index contributed by atoms with van der Waals surface area (Å²) in [6.45, 7) is 2.76. The minimum Gasteiger partial charge on any atom is -0.444 e. The molecule has 19 heavy (non-hydrogen) atoms. The van der Waals surface area contributed by atoms with Gasteiger partial charge in [-0.1, -0.05) is 0 Å². The summed E-state index contributed by atoms with van der Waals surface area (Å²) in [6, 6.07) is 8.07. The fraction of sp³-hybridized carbons (Fsp3) is 0.143. The van der Waals surface area contributed by atoms with Crippen molar-refractivity contribution in [3.05, 3.63) is 52.9 Å². The number of hydrogen-bond acceptors (Lipinski definition) is 5. The Kier molecular flexibility index (Phi) is 3.29. The van der Waals surface area contributed by atoms with Crippen molar-refractivity contribution in [2.45, 2.75) is 13.5 Å². The Morgan fingerprint density at radius 1 is 1.26 bits per heavy atom. The number of thiazole rings is 1. The first-order chi connectivity index (χ1) is 9.31. The van der Waals surface area contributed by atoms with Gasteiger partial charge in [0, 0.05) is 22.3 Å². The van der Waals surface area contributed by atoms with Crippen molar-refractivity contribution in [3.8, 4) is 11.3 Å². The summed E-state index contributed by atoms with van der Waals surface area (Å²) in [5, 5.41) is 6.50. The van der Waals surface area contributed by atoms with Crippen LogP contribution in [0.3, 0.4) is 0 Å². The van der Waals surface area contributed by atoms with Crippen molar-refractivity contribution in [3.63, 3.8) is 0 Å². The highest BCUT2D eigenvalue weighted by molar-refractivity contribution is 7.09. The fourth-order valence-electron chi connectivity index (χ4n) is 1.77. The molecule has 0 radical (unpaired) electrons. The van der Waals surface area contributed by atoms with Crippen LogP contribution in [-0.4, -0.2) is 9.97 Å². The van der Waals surface area contributed by atoms with Crippen molar-refractivity contribution in [2.24, 2.45) is 0 Å². The van der Waals surface area contributed by atoms with E-state index in [-0.39, 0.29) is 0 Å². The number of oxazole rings is 1. The van der Waals surface area contributed by atoms with E-state index in [9.17, 15) is 0 Å². The number of anilines is 1. The maximum atomic E-state index is 5.25. The Balaban J connectivity index is 1.66. The molecule has 4 nitrogen and oxygen atoms in total. The molecule has 96 valence electrons. The van der Waals surface area contributed by atoms with Gasteiger partial charge in [-0.3, -0.25) is 0 Å². The van der Waals surface area contributed by atoms with Gasteiger partial charge in [-0.2, -0.15) is 0 Å². The molecule has 3 rings (SSSR count). The van der Waals surface area contributed by atoms with Gasteiger partial charge in [-0.05, 0) is 31.2 Å². The molecule has 0 saturated heterocycles. The van der Waals surface area contributed by atoms with E-state index in [1.807, 2.05) is 31.2 Å². The Morgan fingerprint density at radius 2 is 2.11 bits per heavy atom. The van der Waals surface area contributed by atoms with E-state index in [1.165, 1.54) is 6.39 Å². The van der Waals surface area contributed by atoms with Crippen molar-refractivity contribution < 1.29 is 4.42 Å².